The van der Waals surface area contributed by atoms with Gasteiger partial charge in [-0.3, -0.25) is 14.7 Å². The molecule has 0 spiro atoms. The van der Waals surface area contributed by atoms with Crippen LogP contribution in [0, 0.1) is 0 Å². The lowest BCUT2D eigenvalue weighted by atomic mass is 10.2. The van der Waals surface area contributed by atoms with Crippen LogP contribution < -0.4 is 10.5 Å². The average molecular weight is 334 g/mol. The van der Waals surface area contributed by atoms with Gasteiger partial charge in [-0.15, -0.1) is 0 Å². The van der Waals surface area contributed by atoms with E-state index in [2.05, 4.69) is 38.6 Å². The smallest absolute Gasteiger partial charge is 0.272 e. The summed E-state index contributed by atoms with van der Waals surface area (Å²) in [6, 6.07) is 4.14. The quantitative estimate of drug-likeness (QED) is 0.931. The molecule has 2 aromatic rings. The maximum atomic E-state index is 12.2. The van der Waals surface area contributed by atoms with E-state index in [4.69, 9.17) is 11.6 Å². The van der Waals surface area contributed by atoms with Crippen LogP contribution in [0.4, 0.5) is 5.82 Å². The number of anilines is 1. The molecule has 0 atom stereocenters. The van der Waals surface area contributed by atoms with E-state index in [0.29, 0.717) is 17.7 Å². The van der Waals surface area contributed by atoms with Gasteiger partial charge in [0.25, 0.3) is 5.56 Å². The van der Waals surface area contributed by atoms with Crippen LogP contribution in [0.15, 0.2) is 29.3 Å². The molecule has 1 aliphatic rings. The molecule has 6 nitrogen and oxygen atoms in total. The highest BCUT2D eigenvalue weighted by Crippen LogP contribution is 2.24. The zero-order valence-corrected chi connectivity index (χ0v) is 14.0. The number of H-pyrrole nitrogens is 1. The van der Waals surface area contributed by atoms with Crippen LogP contribution >= 0.6 is 11.6 Å². The van der Waals surface area contributed by atoms with E-state index >= 15 is 0 Å². The minimum Gasteiger partial charge on any atom is -0.353 e. The van der Waals surface area contributed by atoms with Gasteiger partial charge >= 0.3 is 0 Å². The van der Waals surface area contributed by atoms with Crippen LogP contribution in [-0.2, 0) is 0 Å². The number of hydrogen-bond donors (Lipinski definition) is 1. The second-order valence-electron chi connectivity index (χ2n) is 5.90. The van der Waals surface area contributed by atoms with Crippen molar-refractivity contribution in [3.8, 4) is 11.4 Å². The molecule has 0 saturated carbocycles. The Morgan fingerprint density at radius 3 is 2.43 bits per heavy atom. The van der Waals surface area contributed by atoms with E-state index in [1.54, 1.807) is 12.4 Å². The molecule has 3 rings (SSSR count). The first kappa shape index (κ1) is 16.0. The van der Waals surface area contributed by atoms with Gasteiger partial charge in [-0.25, -0.2) is 4.98 Å². The van der Waals surface area contributed by atoms with Crippen molar-refractivity contribution in [3.05, 3.63) is 39.9 Å². The SMILES string of the molecule is CC(C)N1CCN(c2nc(-c3ccncc3)[nH]c(=O)c2Cl)CC1. The molecule has 0 aliphatic carbocycles. The molecular formula is C16H20ClN5O. The molecule has 0 aromatic carbocycles. The van der Waals surface area contributed by atoms with Crippen LogP contribution in [0.3, 0.4) is 0 Å². The lowest BCUT2D eigenvalue weighted by Gasteiger charge is -2.37. The van der Waals surface area contributed by atoms with Gasteiger partial charge in [0, 0.05) is 50.2 Å². The Labute approximate surface area is 140 Å². The topological polar surface area (TPSA) is 65.1 Å². The predicted octanol–water partition coefficient (Wildman–Crippen LogP) is 2.02. The lowest BCUT2D eigenvalue weighted by Crippen LogP contribution is -2.49. The van der Waals surface area contributed by atoms with Gasteiger partial charge in [-0.1, -0.05) is 11.6 Å². The van der Waals surface area contributed by atoms with Crippen molar-refractivity contribution in [1.82, 2.24) is 19.9 Å². The zero-order chi connectivity index (χ0) is 16.4. The number of hydrogen-bond acceptors (Lipinski definition) is 5. The first-order valence-electron chi connectivity index (χ1n) is 7.75. The summed E-state index contributed by atoms with van der Waals surface area (Å²) in [6.45, 7) is 7.87. The van der Waals surface area contributed by atoms with E-state index in [-0.39, 0.29) is 10.6 Å². The van der Waals surface area contributed by atoms with Crippen LogP contribution in [0.2, 0.25) is 5.02 Å². The number of rotatable bonds is 3. The summed E-state index contributed by atoms with van der Waals surface area (Å²) >= 11 is 6.21. The number of aromatic nitrogens is 3. The van der Waals surface area contributed by atoms with Crippen molar-refractivity contribution in [3.63, 3.8) is 0 Å². The normalized spacial score (nSPS) is 16.1. The Morgan fingerprint density at radius 2 is 1.83 bits per heavy atom. The van der Waals surface area contributed by atoms with Crippen molar-refractivity contribution in [2.24, 2.45) is 0 Å². The Morgan fingerprint density at radius 1 is 1.17 bits per heavy atom. The zero-order valence-electron chi connectivity index (χ0n) is 13.3. The molecular weight excluding hydrogens is 314 g/mol. The largest absolute Gasteiger partial charge is 0.353 e. The molecule has 23 heavy (non-hydrogen) atoms. The van der Waals surface area contributed by atoms with Crippen LogP contribution in [-0.4, -0.2) is 52.1 Å². The van der Waals surface area contributed by atoms with Crippen LogP contribution in [0.1, 0.15) is 13.8 Å². The molecule has 0 amide bonds. The lowest BCUT2D eigenvalue weighted by molar-refractivity contribution is 0.209. The average Bonchev–Trinajstić information content (AvgIpc) is 2.58. The number of halogens is 1. The summed E-state index contributed by atoms with van der Waals surface area (Å²) in [5.74, 6) is 1.08. The van der Waals surface area contributed by atoms with Gasteiger partial charge in [0.2, 0.25) is 0 Å². The van der Waals surface area contributed by atoms with Crippen molar-refractivity contribution < 1.29 is 0 Å². The third-order valence-corrected chi connectivity index (χ3v) is 4.48. The Bertz CT molecular complexity index is 723. The van der Waals surface area contributed by atoms with E-state index in [1.807, 2.05) is 12.1 Å². The molecule has 0 radical (unpaired) electrons. The molecule has 1 aliphatic heterocycles. The summed E-state index contributed by atoms with van der Waals surface area (Å²) in [7, 11) is 0. The molecule has 3 heterocycles. The fourth-order valence-electron chi connectivity index (χ4n) is 2.75. The molecule has 1 N–H and O–H groups in total. The highest BCUT2D eigenvalue weighted by atomic mass is 35.5. The van der Waals surface area contributed by atoms with E-state index < -0.39 is 0 Å². The van der Waals surface area contributed by atoms with Gasteiger partial charge in [0.15, 0.2) is 5.82 Å². The van der Waals surface area contributed by atoms with E-state index in [9.17, 15) is 4.79 Å². The first-order chi connectivity index (χ1) is 11.1. The van der Waals surface area contributed by atoms with Gasteiger partial charge < -0.3 is 9.88 Å². The number of nitrogens with one attached hydrogen (secondary N) is 1. The highest BCUT2D eigenvalue weighted by Gasteiger charge is 2.23. The summed E-state index contributed by atoms with van der Waals surface area (Å²) in [4.78, 5) is 28.0. The van der Waals surface area contributed by atoms with Crippen LogP contribution in [0.25, 0.3) is 11.4 Å². The van der Waals surface area contributed by atoms with Crippen molar-refractivity contribution in [2.75, 3.05) is 31.1 Å². The third kappa shape index (κ3) is 3.38. The number of piperazine rings is 1. The molecule has 1 fully saturated rings. The number of nitrogens with zero attached hydrogens (tertiary/aromatic N) is 4. The minimum atomic E-state index is -0.310. The maximum Gasteiger partial charge on any atom is 0.272 e. The van der Waals surface area contributed by atoms with E-state index in [1.165, 1.54) is 0 Å². The fraction of sp³-hybridized carbons (Fsp3) is 0.438. The fourth-order valence-corrected chi connectivity index (χ4v) is 2.96. The summed E-state index contributed by atoms with van der Waals surface area (Å²) in [6.07, 6.45) is 3.34. The summed E-state index contributed by atoms with van der Waals surface area (Å²) in [5.41, 5.74) is 0.505. The molecule has 0 bridgehead atoms. The summed E-state index contributed by atoms with van der Waals surface area (Å²) < 4.78 is 0. The number of aromatic amines is 1. The van der Waals surface area contributed by atoms with Gasteiger partial charge in [-0.2, -0.15) is 0 Å². The number of pyridine rings is 1. The minimum absolute atomic E-state index is 0.154. The predicted molar refractivity (Wildman–Crippen MR) is 92.0 cm³/mol. The first-order valence-corrected chi connectivity index (χ1v) is 8.13. The molecule has 1 saturated heterocycles. The third-order valence-electron chi connectivity index (χ3n) is 4.14. The maximum absolute atomic E-state index is 12.2. The van der Waals surface area contributed by atoms with Gasteiger partial charge in [0.1, 0.15) is 10.8 Å². The molecule has 2 aromatic heterocycles. The highest BCUT2D eigenvalue weighted by molar-refractivity contribution is 6.32. The Hall–Kier alpha value is -1.92. The van der Waals surface area contributed by atoms with Crippen molar-refractivity contribution >= 4 is 17.4 Å². The van der Waals surface area contributed by atoms with Crippen molar-refractivity contribution in [2.45, 2.75) is 19.9 Å². The van der Waals surface area contributed by atoms with E-state index in [0.717, 1.165) is 31.7 Å². The Kier molecular flexibility index (Phi) is 4.63. The Balaban J connectivity index is 1.91. The summed E-state index contributed by atoms with van der Waals surface area (Å²) in [5, 5.41) is 0.154. The van der Waals surface area contributed by atoms with Gasteiger partial charge in [0.05, 0.1) is 0 Å². The van der Waals surface area contributed by atoms with Crippen molar-refractivity contribution in [1.29, 1.82) is 0 Å². The molecule has 122 valence electrons. The molecule has 0 unspecified atom stereocenters. The van der Waals surface area contributed by atoms with Gasteiger partial charge in [-0.05, 0) is 26.0 Å². The molecule has 7 heteroatoms. The standard InChI is InChI=1S/C16H20ClN5O/c1-11(2)21-7-9-22(10-8-21)15-13(17)16(23)20-14(19-15)12-3-5-18-6-4-12/h3-6,11H,7-10H2,1-2H3,(H,19,20,23). The van der Waals surface area contributed by atoms with Crippen LogP contribution in [0.5, 0.6) is 0 Å². The monoisotopic (exact) mass is 333 g/mol. The second-order valence-corrected chi connectivity index (χ2v) is 6.28. The second kappa shape index (κ2) is 6.68.